The van der Waals surface area contributed by atoms with Gasteiger partial charge in [0.2, 0.25) is 5.91 Å². The van der Waals surface area contributed by atoms with E-state index in [4.69, 9.17) is 4.74 Å². The summed E-state index contributed by atoms with van der Waals surface area (Å²) in [4.78, 5) is 11.9. The lowest BCUT2D eigenvalue weighted by Gasteiger charge is -2.13. The van der Waals surface area contributed by atoms with Crippen molar-refractivity contribution in [2.45, 2.75) is 26.4 Å². The van der Waals surface area contributed by atoms with E-state index in [9.17, 15) is 4.79 Å². The number of nitrogens with zero attached hydrogens (tertiary/aromatic N) is 1. The molecule has 1 unspecified atom stereocenters. The number of methoxy groups -OCH3 is 1. The van der Waals surface area contributed by atoms with Gasteiger partial charge in [-0.25, -0.2) is 0 Å². The molecule has 0 saturated heterocycles. The fourth-order valence-corrected chi connectivity index (χ4v) is 2.20. The molecule has 1 aromatic carbocycles. The Kier molecular flexibility index (Phi) is 4.22. The molecule has 1 amide bonds. The SMILES string of the molecule is COCC(C)NC(=O)Cn1ccc2ccc(C)cc21. The van der Waals surface area contributed by atoms with E-state index >= 15 is 0 Å². The molecule has 102 valence electrons. The van der Waals surface area contributed by atoms with E-state index in [1.807, 2.05) is 23.8 Å². The van der Waals surface area contributed by atoms with Crippen molar-refractivity contribution >= 4 is 16.8 Å². The average molecular weight is 260 g/mol. The van der Waals surface area contributed by atoms with Crippen LogP contribution in [-0.4, -0.2) is 30.2 Å². The van der Waals surface area contributed by atoms with Crippen LogP contribution in [0.5, 0.6) is 0 Å². The third-order valence-electron chi connectivity index (χ3n) is 3.07. The van der Waals surface area contributed by atoms with Gasteiger partial charge >= 0.3 is 0 Å². The summed E-state index contributed by atoms with van der Waals surface area (Å²) < 4.78 is 6.97. The highest BCUT2D eigenvalue weighted by molar-refractivity contribution is 5.83. The van der Waals surface area contributed by atoms with Gasteiger partial charge in [-0.3, -0.25) is 4.79 Å². The van der Waals surface area contributed by atoms with Crippen LogP contribution in [0.1, 0.15) is 12.5 Å². The first-order chi connectivity index (χ1) is 9.10. The lowest BCUT2D eigenvalue weighted by Crippen LogP contribution is -2.37. The maximum Gasteiger partial charge on any atom is 0.240 e. The van der Waals surface area contributed by atoms with Crippen molar-refractivity contribution in [2.24, 2.45) is 0 Å². The molecular formula is C15H20N2O2. The third-order valence-corrected chi connectivity index (χ3v) is 3.07. The number of hydrogen-bond donors (Lipinski definition) is 1. The summed E-state index contributed by atoms with van der Waals surface area (Å²) in [5.74, 6) is 0.00329. The van der Waals surface area contributed by atoms with Gasteiger partial charge in [0.05, 0.1) is 6.61 Å². The monoisotopic (exact) mass is 260 g/mol. The zero-order valence-corrected chi connectivity index (χ0v) is 11.6. The Morgan fingerprint density at radius 2 is 2.21 bits per heavy atom. The lowest BCUT2D eigenvalue weighted by molar-refractivity contribution is -0.122. The summed E-state index contributed by atoms with van der Waals surface area (Å²) in [6.07, 6.45) is 1.95. The first-order valence-electron chi connectivity index (χ1n) is 6.44. The molecule has 1 aromatic heterocycles. The van der Waals surface area contributed by atoms with E-state index in [1.165, 1.54) is 5.56 Å². The second-order valence-electron chi connectivity index (χ2n) is 4.93. The molecule has 4 nitrogen and oxygen atoms in total. The molecule has 0 saturated carbocycles. The number of nitrogens with one attached hydrogen (secondary N) is 1. The zero-order chi connectivity index (χ0) is 13.8. The number of carbonyl (C=O) groups is 1. The van der Waals surface area contributed by atoms with Crippen molar-refractivity contribution in [3.8, 4) is 0 Å². The van der Waals surface area contributed by atoms with Crippen LogP contribution < -0.4 is 5.32 Å². The van der Waals surface area contributed by atoms with Crippen molar-refractivity contribution in [1.82, 2.24) is 9.88 Å². The number of amides is 1. The molecule has 2 rings (SSSR count). The van der Waals surface area contributed by atoms with Crippen LogP contribution >= 0.6 is 0 Å². The van der Waals surface area contributed by atoms with Crippen LogP contribution in [-0.2, 0) is 16.1 Å². The largest absolute Gasteiger partial charge is 0.383 e. The predicted molar refractivity (Wildman–Crippen MR) is 76.2 cm³/mol. The van der Waals surface area contributed by atoms with E-state index < -0.39 is 0 Å². The maximum atomic E-state index is 11.9. The minimum absolute atomic E-state index is 0.00329. The first-order valence-corrected chi connectivity index (χ1v) is 6.44. The Hall–Kier alpha value is -1.81. The number of carbonyl (C=O) groups excluding carboxylic acids is 1. The topological polar surface area (TPSA) is 43.3 Å². The van der Waals surface area contributed by atoms with Gasteiger partial charge in [-0.1, -0.05) is 12.1 Å². The van der Waals surface area contributed by atoms with Crippen LogP contribution in [0.2, 0.25) is 0 Å². The average Bonchev–Trinajstić information content (AvgIpc) is 2.72. The molecule has 0 fully saturated rings. The Morgan fingerprint density at radius 1 is 1.42 bits per heavy atom. The van der Waals surface area contributed by atoms with Crippen LogP contribution in [0.15, 0.2) is 30.5 Å². The van der Waals surface area contributed by atoms with Crippen molar-refractivity contribution in [1.29, 1.82) is 0 Å². The standard InChI is InChI=1S/C15H20N2O2/c1-11-4-5-13-6-7-17(14(13)8-11)9-15(18)16-12(2)10-19-3/h4-8,12H,9-10H2,1-3H3,(H,16,18). The highest BCUT2D eigenvalue weighted by atomic mass is 16.5. The minimum atomic E-state index is 0.00329. The predicted octanol–water partition coefficient (Wildman–Crippen LogP) is 2.10. The van der Waals surface area contributed by atoms with Crippen LogP contribution in [0.25, 0.3) is 10.9 Å². The second-order valence-corrected chi connectivity index (χ2v) is 4.93. The minimum Gasteiger partial charge on any atom is -0.383 e. The quantitative estimate of drug-likeness (QED) is 0.894. The van der Waals surface area contributed by atoms with Gasteiger partial charge in [0.25, 0.3) is 0 Å². The smallest absolute Gasteiger partial charge is 0.240 e. The van der Waals surface area contributed by atoms with E-state index in [1.54, 1.807) is 7.11 Å². The summed E-state index contributed by atoms with van der Waals surface area (Å²) in [7, 11) is 1.63. The molecule has 0 aliphatic heterocycles. The number of benzene rings is 1. The fourth-order valence-electron chi connectivity index (χ4n) is 2.20. The van der Waals surface area contributed by atoms with E-state index in [0.717, 1.165) is 10.9 Å². The van der Waals surface area contributed by atoms with Crippen molar-refractivity contribution in [3.05, 3.63) is 36.0 Å². The van der Waals surface area contributed by atoms with Crippen molar-refractivity contribution in [2.75, 3.05) is 13.7 Å². The van der Waals surface area contributed by atoms with Gasteiger partial charge in [0.15, 0.2) is 0 Å². The maximum absolute atomic E-state index is 11.9. The summed E-state index contributed by atoms with van der Waals surface area (Å²) >= 11 is 0. The molecule has 0 radical (unpaired) electrons. The Labute approximate surface area is 113 Å². The molecule has 0 spiro atoms. The normalized spacial score (nSPS) is 12.6. The van der Waals surface area contributed by atoms with Crippen LogP contribution in [0, 0.1) is 6.92 Å². The summed E-state index contributed by atoms with van der Waals surface area (Å²) in [5.41, 5.74) is 2.29. The fraction of sp³-hybridized carbons (Fsp3) is 0.400. The highest BCUT2D eigenvalue weighted by Gasteiger charge is 2.09. The van der Waals surface area contributed by atoms with Crippen molar-refractivity contribution < 1.29 is 9.53 Å². The zero-order valence-electron chi connectivity index (χ0n) is 11.6. The molecule has 2 aromatic rings. The van der Waals surface area contributed by atoms with Crippen molar-refractivity contribution in [3.63, 3.8) is 0 Å². The van der Waals surface area contributed by atoms with Gasteiger partial charge in [0.1, 0.15) is 6.54 Å². The third kappa shape index (κ3) is 3.35. The lowest BCUT2D eigenvalue weighted by atomic mass is 10.2. The molecule has 19 heavy (non-hydrogen) atoms. The summed E-state index contributed by atoms with van der Waals surface area (Å²) in [6, 6.07) is 8.31. The van der Waals surface area contributed by atoms with E-state index in [0.29, 0.717) is 13.2 Å². The van der Waals surface area contributed by atoms with Gasteiger partial charge < -0.3 is 14.6 Å². The van der Waals surface area contributed by atoms with E-state index in [-0.39, 0.29) is 11.9 Å². The molecule has 1 heterocycles. The number of ether oxygens (including phenoxy) is 1. The molecule has 0 bridgehead atoms. The summed E-state index contributed by atoms with van der Waals surface area (Å²) in [6.45, 7) is 4.84. The second kappa shape index (κ2) is 5.89. The Bertz CT molecular complexity index is 575. The molecular weight excluding hydrogens is 240 g/mol. The number of rotatable bonds is 5. The Morgan fingerprint density at radius 3 is 2.95 bits per heavy atom. The van der Waals surface area contributed by atoms with Gasteiger partial charge in [-0.2, -0.15) is 0 Å². The number of aromatic nitrogens is 1. The molecule has 1 N–H and O–H groups in total. The number of fused-ring (bicyclic) bond motifs is 1. The first kappa shape index (κ1) is 13.6. The number of hydrogen-bond acceptors (Lipinski definition) is 2. The molecule has 4 heteroatoms. The van der Waals surface area contributed by atoms with Crippen LogP contribution in [0.3, 0.4) is 0 Å². The molecule has 0 aliphatic rings. The van der Waals surface area contributed by atoms with Gasteiger partial charge in [-0.15, -0.1) is 0 Å². The van der Waals surface area contributed by atoms with Gasteiger partial charge in [-0.05, 0) is 36.9 Å². The van der Waals surface area contributed by atoms with Crippen LogP contribution in [0.4, 0.5) is 0 Å². The summed E-state index contributed by atoms with van der Waals surface area (Å²) in [5, 5.41) is 4.07. The molecule has 1 atom stereocenters. The molecule has 0 aliphatic carbocycles. The Balaban J connectivity index is 2.08. The highest BCUT2D eigenvalue weighted by Crippen LogP contribution is 2.17. The number of aryl methyl sites for hydroxylation is 1. The van der Waals surface area contributed by atoms with E-state index in [2.05, 4.69) is 30.4 Å². The van der Waals surface area contributed by atoms with Gasteiger partial charge in [0, 0.05) is 24.9 Å².